The molecule has 2 aliphatic rings. The molecule has 0 unspecified atom stereocenters. The Balaban J connectivity index is 2.08. The van der Waals surface area contributed by atoms with E-state index in [1.807, 2.05) is 12.1 Å². The van der Waals surface area contributed by atoms with E-state index in [2.05, 4.69) is 15.9 Å². The summed E-state index contributed by atoms with van der Waals surface area (Å²) >= 11 is 3.51. The maximum absolute atomic E-state index is 11.0. The summed E-state index contributed by atoms with van der Waals surface area (Å²) in [5.74, 6) is 0.666. The molecule has 1 N–H and O–H groups in total. The average Bonchev–Trinajstić information content (AvgIpc) is 3.08. The number of rotatable bonds is 3. The smallest absolute Gasteiger partial charge is 0.304 e. The van der Waals surface area contributed by atoms with Crippen molar-refractivity contribution in [2.75, 3.05) is 13.2 Å². The number of carbonyl (C=O) groups is 1. The van der Waals surface area contributed by atoms with Gasteiger partial charge in [0.2, 0.25) is 0 Å². The van der Waals surface area contributed by atoms with E-state index in [1.165, 1.54) is 0 Å². The molecule has 0 spiro atoms. The van der Waals surface area contributed by atoms with Crippen LogP contribution in [0.1, 0.15) is 24.8 Å². The first-order valence-electron chi connectivity index (χ1n) is 5.93. The Hall–Kier alpha value is -1.23. The molecule has 1 aliphatic heterocycles. The molecule has 1 heterocycles. The minimum atomic E-state index is -0.770. The molecule has 1 fully saturated rings. The lowest BCUT2D eigenvalue weighted by Gasteiger charge is -2.25. The van der Waals surface area contributed by atoms with Crippen LogP contribution in [0, 0.1) is 0 Å². The van der Waals surface area contributed by atoms with E-state index in [9.17, 15) is 4.79 Å². The first kappa shape index (κ1) is 11.8. The molecule has 5 heteroatoms. The molecule has 18 heavy (non-hydrogen) atoms. The van der Waals surface area contributed by atoms with Crippen molar-refractivity contribution in [2.24, 2.45) is 0 Å². The van der Waals surface area contributed by atoms with Crippen molar-refractivity contribution in [2.45, 2.75) is 24.7 Å². The molecule has 0 atom stereocenters. The molecule has 0 radical (unpaired) electrons. The van der Waals surface area contributed by atoms with Gasteiger partial charge >= 0.3 is 5.97 Å². The summed E-state index contributed by atoms with van der Waals surface area (Å²) in [6.07, 6.45) is 1.92. The lowest BCUT2D eigenvalue weighted by Crippen LogP contribution is -2.21. The fourth-order valence-corrected chi connectivity index (χ4v) is 3.27. The third-order valence-corrected chi connectivity index (χ3v) is 4.19. The SMILES string of the molecule is O=C(O)CC1(c2c(Br)ccc3c2OCCO3)CC1. The Labute approximate surface area is 113 Å². The highest BCUT2D eigenvalue weighted by molar-refractivity contribution is 9.10. The molecule has 1 aromatic rings. The van der Waals surface area contributed by atoms with Crippen LogP contribution in [0.3, 0.4) is 0 Å². The number of benzene rings is 1. The van der Waals surface area contributed by atoms with Crippen molar-refractivity contribution in [3.05, 3.63) is 22.2 Å². The first-order chi connectivity index (χ1) is 8.62. The number of halogens is 1. The van der Waals surface area contributed by atoms with Gasteiger partial charge in [-0.05, 0) is 25.0 Å². The second-order valence-corrected chi connectivity index (χ2v) is 5.65. The van der Waals surface area contributed by atoms with Gasteiger partial charge in [-0.1, -0.05) is 15.9 Å². The van der Waals surface area contributed by atoms with E-state index in [0.29, 0.717) is 13.2 Å². The van der Waals surface area contributed by atoms with Crippen molar-refractivity contribution < 1.29 is 19.4 Å². The zero-order valence-corrected chi connectivity index (χ0v) is 11.3. The van der Waals surface area contributed by atoms with Gasteiger partial charge in [-0.15, -0.1) is 0 Å². The maximum Gasteiger partial charge on any atom is 0.304 e. The van der Waals surface area contributed by atoms with Gasteiger partial charge in [0.05, 0.1) is 6.42 Å². The molecule has 0 saturated heterocycles. The number of aliphatic carboxylic acids is 1. The molecule has 0 bridgehead atoms. The van der Waals surface area contributed by atoms with Crippen molar-refractivity contribution in [3.8, 4) is 11.5 Å². The minimum absolute atomic E-state index is 0.144. The molecule has 4 nitrogen and oxygen atoms in total. The molecule has 0 aromatic heterocycles. The normalized spacial score (nSPS) is 19.4. The predicted molar refractivity (Wildman–Crippen MR) is 68.3 cm³/mol. The van der Waals surface area contributed by atoms with E-state index in [0.717, 1.165) is 34.4 Å². The van der Waals surface area contributed by atoms with Crippen LogP contribution in [-0.4, -0.2) is 24.3 Å². The van der Waals surface area contributed by atoms with Crippen molar-refractivity contribution >= 4 is 21.9 Å². The van der Waals surface area contributed by atoms with Gasteiger partial charge in [-0.3, -0.25) is 4.79 Å². The lowest BCUT2D eigenvalue weighted by atomic mass is 9.91. The van der Waals surface area contributed by atoms with Crippen LogP contribution in [0.25, 0.3) is 0 Å². The van der Waals surface area contributed by atoms with Crippen LogP contribution >= 0.6 is 15.9 Å². The van der Waals surface area contributed by atoms with E-state index in [-0.39, 0.29) is 11.8 Å². The number of hydrogen-bond donors (Lipinski definition) is 1. The van der Waals surface area contributed by atoms with E-state index < -0.39 is 5.97 Å². The zero-order valence-electron chi connectivity index (χ0n) is 9.74. The van der Waals surface area contributed by atoms with Gasteiger partial charge in [-0.25, -0.2) is 0 Å². The van der Waals surface area contributed by atoms with E-state index >= 15 is 0 Å². The molecule has 1 aromatic carbocycles. The van der Waals surface area contributed by atoms with E-state index in [1.54, 1.807) is 0 Å². The Morgan fingerprint density at radius 1 is 1.33 bits per heavy atom. The number of hydrogen-bond acceptors (Lipinski definition) is 3. The van der Waals surface area contributed by atoms with Crippen LogP contribution in [0.15, 0.2) is 16.6 Å². The Kier molecular flexibility index (Phi) is 2.73. The van der Waals surface area contributed by atoms with Crippen LogP contribution in [0.2, 0.25) is 0 Å². The van der Waals surface area contributed by atoms with Crippen molar-refractivity contribution in [1.29, 1.82) is 0 Å². The topological polar surface area (TPSA) is 55.8 Å². The quantitative estimate of drug-likeness (QED) is 0.932. The fourth-order valence-electron chi connectivity index (χ4n) is 2.54. The molecular weight excluding hydrogens is 300 g/mol. The second kappa shape index (κ2) is 4.16. The van der Waals surface area contributed by atoms with Gasteiger partial charge < -0.3 is 14.6 Å². The Bertz CT molecular complexity index is 508. The highest BCUT2D eigenvalue weighted by Crippen LogP contribution is 2.58. The molecule has 1 saturated carbocycles. The third-order valence-electron chi connectivity index (χ3n) is 3.53. The summed E-state index contributed by atoms with van der Waals surface area (Å²) in [5.41, 5.74) is 0.679. The zero-order chi connectivity index (χ0) is 12.8. The lowest BCUT2D eigenvalue weighted by molar-refractivity contribution is -0.137. The summed E-state index contributed by atoms with van der Waals surface area (Å²) in [6, 6.07) is 3.77. The van der Waals surface area contributed by atoms with Gasteiger partial charge in [0.25, 0.3) is 0 Å². The highest BCUT2D eigenvalue weighted by Gasteiger charge is 2.49. The number of fused-ring (bicyclic) bond motifs is 1. The van der Waals surface area contributed by atoms with Gasteiger partial charge in [0, 0.05) is 15.5 Å². The molecule has 96 valence electrons. The second-order valence-electron chi connectivity index (χ2n) is 4.80. The third kappa shape index (κ3) is 1.86. The first-order valence-corrected chi connectivity index (χ1v) is 6.72. The number of carboxylic acid groups (broad SMARTS) is 1. The highest BCUT2D eigenvalue weighted by atomic mass is 79.9. The summed E-state index contributed by atoms with van der Waals surface area (Å²) in [4.78, 5) is 11.0. The Morgan fingerprint density at radius 2 is 2.06 bits per heavy atom. The fraction of sp³-hybridized carbons (Fsp3) is 0.462. The average molecular weight is 313 g/mol. The summed E-state index contributed by atoms with van der Waals surface area (Å²) in [7, 11) is 0. The molecule has 0 amide bonds. The number of carboxylic acids is 1. The summed E-state index contributed by atoms with van der Waals surface area (Å²) in [5, 5.41) is 9.06. The van der Waals surface area contributed by atoms with Crippen LogP contribution < -0.4 is 9.47 Å². The van der Waals surface area contributed by atoms with E-state index in [4.69, 9.17) is 14.6 Å². The summed E-state index contributed by atoms with van der Waals surface area (Å²) < 4.78 is 12.2. The summed E-state index contributed by atoms with van der Waals surface area (Å²) in [6.45, 7) is 1.06. The standard InChI is InChI=1S/C13H13BrO4/c14-8-1-2-9-12(18-6-5-17-9)11(8)13(3-4-13)7-10(15)16/h1-2H,3-7H2,(H,15,16). The van der Waals surface area contributed by atoms with Gasteiger partial charge in [0.15, 0.2) is 11.5 Å². The molecule has 1 aliphatic carbocycles. The van der Waals surface area contributed by atoms with Crippen molar-refractivity contribution in [3.63, 3.8) is 0 Å². The molecular formula is C13H13BrO4. The monoisotopic (exact) mass is 312 g/mol. The minimum Gasteiger partial charge on any atom is -0.486 e. The number of ether oxygens (including phenoxy) is 2. The van der Waals surface area contributed by atoms with Crippen LogP contribution in [-0.2, 0) is 10.2 Å². The maximum atomic E-state index is 11.0. The van der Waals surface area contributed by atoms with Crippen LogP contribution in [0.4, 0.5) is 0 Å². The van der Waals surface area contributed by atoms with Gasteiger partial charge in [-0.2, -0.15) is 0 Å². The largest absolute Gasteiger partial charge is 0.486 e. The molecule has 3 rings (SSSR count). The Morgan fingerprint density at radius 3 is 2.72 bits per heavy atom. The van der Waals surface area contributed by atoms with Crippen molar-refractivity contribution in [1.82, 2.24) is 0 Å². The predicted octanol–water partition coefficient (Wildman–Crippen LogP) is 2.73. The van der Waals surface area contributed by atoms with Crippen LogP contribution in [0.5, 0.6) is 11.5 Å². The van der Waals surface area contributed by atoms with Gasteiger partial charge in [0.1, 0.15) is 13.2 Å².